The first-order valence-electron chi connectivity index (χ1n) is 9.30. The molecule has 0 spiro atoms. The van der Waals surface area contributed by atoms with Crippen LogP contribution in [0.15, 0.2) is 58.2 Å². The minimum absolute atomic E-state index is 0.0354. The number of nitrogens with one attached hydrogen (secondary N) is 1. The van der Waals surface area contributed by atoms with Crippen molar-refractivity contribution in [3.05, 3.63) is 59.9 Å². The Morgan fingerprint density at radius 1 is 1.15 bits per heavy atom. The van der Waals surface area contributed by atoms with Crippen molar-refractivity contribution < 1.29 is 26.9 Å². The summed E-state index contributed by atoms with van der Waals surface area (Å²) in [6.07, 6.45) is -4.50. The second-order valence-corrected chi connectivity index (χ2v) is 7.65. The van der Waals surface area contributed by atoms with Crippen LogP contribution in [0.3, 0.4) is 0 Å². The summed E-state index contributed by atoms with van der Waals surface area (Å²) >= 11 is 1.03. The third-order valence-corrected chi connectivity index (χ3v) is 5.38. The Morgan fingerprint density at radius 2 is 1.91 bits per heavy atom. The van der Waals surface area contributed by atoms with E-state index in [-0.39, 0.29) is 29.0 Å². The molecule has 0 radical (unpaired) electrons. The van der Waals surface area contributed by atoms with E-state index >= 15 is 0 Å². The molecule has 8 nitrogen and oxygen atoms in total. The molecule has 4 aromatic rings. The maximum Gasteiger partial charge on any atom is 0.416 e. The van der Waals surface area contributed by atoms with Crippen LogP contribution in [-0.2, 0) is 18.0 Å². The van der Waals surface area contributed by atoms with E-state index in [4.69, 9.17) is 4.52 Å². The van der Waals surface area contributed by atoms with Gasteiger partial charge in [-0.1, -0.05) is 23.0 Å². The molecule has 1 N–H and O–H groups in total. The number of aromatic nitrogens is 5. The fourth-order valence-corrected chi connectivity index (χ4v) is 3.47. The van der Waals surface area contributed by atoms with E-state index in [0.717, 1.165) is 23.9 Å². The van der Waals surface area contributed by atoms with Gasteiger partial charge in [0.25, 0.3) is 5.89 Å². The fraction of sp³-hybridized carbons (Fsp3) is 0.150. The van der Waals surface area contributed by atoms with Gasteiger partial charge in [0.15, 0.2) is 5.16 Å². The number of benzene rings is 2. The van der Waals surface area contributed by atoms with E-state index in [1.165, 1.54) is 41.0 Å². The van der Waals surface area contributed by atoms with E-state index in [1.54, 1.807) is 7.05 Å². The lowest BCUT2D eigenvalue weighted by Crippen LogP contribution is -2.15. The molecule has 4 rings (SSSR count). The van der Waals surface area contributed by atoms with Gasteiger partial charge in [-0.15, -0.1) is 10.2 Å². The number of rotatable bonds is 6. The van der Waals surface area contributed by atoms with E-state index in [2.05, 4.69) is 25.7 Å². The van der Waals surface area contributed by atoms with Crippen LogP contribution in [0.4, 0.5) is 23.2 Å². The second kappa shape index (κ2) is 9.02. The summed E-state index contributed by atoms with van der Waals surface area (Å²) in [5.41, 5.74) is -0.270. The maximum atomic E-state index is 13.1. The molecule has 0 saturated carbocycles. The number of alkyl halides is 3. The minimum atomic E-state index is -4.50. The zero-order valence-corrected chi connectivity index (χ0v) is 17.6. The molecular formula is C20H14F4N6O2S. The zero-order valence-electron chi connectivity index (χ0n) is 16.8. The summed E-state index contributed by atoms with van der Waals surface area (Å²) in [5.74, 6) is -0.467. The number of halogens is 4. The van der Waals surface area contributed by atoms with Gasteiger partial charge in [-0.25, -0.2) is 4.39 Å². The molecule has 0 unspecified atom stereocenters. The SMILES string of the molecule is Cn1c(SCC(=O)Nc2cccc(C(F)(F)F)c2)nnc1-c1nc(-c2ccc(F)cc2)no1. The molecule has 0 fully saturated rings. The summed E-state index contributed by atoms with van der Waals surface area (Å²) < 4.78 is 58.3. The van der Waals surface area contributed by atoms with Crippen LogP contribution in [0.1, 0.15) is 5.56 Å². The normalized spacial score (nSPS) is 11.5. The third-order valence-electron chi connectivity index (χ3n) is 4.36. The van der Waals surface area contributed by atoms with E-state index in [1.807, 2.05) is 0 Å². The molecule has 33 heavy (non-hydrogen) atoms. The average Bonchev–Trinajstić information content (AvgIpc) is 3.39. The van der Waals surface area contributed by atoms with Crippen LogP contribution in [-0.4, -0.2) is 36.6 Å². The number of nitrogens with zero attached hydrogens (tertiary/aromatic N) is 5. The highest BCUT2D eigenvalue weighted by molar-refractivity contribution is 7.99. The molecule has 0 aliphatic heterocycles. The Labute approximate surface area is 188 Å². The van der Waals surface area contributed by atoms with Gasteiger partial charge >= 0.3 is 6.18 Å². The Bertz CT molecular complexity index is 1290. The Balaban J connectivity index is 1.41. The number of hydrogen-bond donors (Lipinski definition) is 1. The molecule has 0 aliphatic carbocycles. The number of amides is 1. The van der Waals surface area contributed by atoms with Crippen LogP contribution < -0.4 is 5.32 Å². The van der Waals surface area contributed by atoms with Gasteiger partial charge in [0.05, 0.1) is 11.3 Å². The maximum absolute atomic E-state index is 13.1. The first-order chi connectivity index (χ1) is 15.7. The highest BCUT2D eigenvalue weighted by atomic mass is 32.2. The third kappa shape index (κ3) is 5.19. The first kappa shape index (κ1) is 22.5. The van der Waals surface area contributed by atoms with Crippen molar-refractivity contribution in [3.63, 3.8) is 0 Å². The number of carbonyl (C=O) groups excluding carboxylic acids is 1. The predicted octanol–water partition coefficient (Wildman–Crippen LogP) is 4.42. The van der Waals surface area contributed by atoms with Crippen LogP contribution in [0.5, 0.6) is 0 Å². The monoisotopic (exact) mass is 478 g/mol. The number of hydrogen-bond acceptors (Lipinski definition) is 7. The van der Waals surface area contributed by atoms with Crippen molar-refractivity contribution >= 4 is 23.4 Å². The lowest BCUT2D eigenvalue weighted by molar-refractivity contribution is -0.137. The molecule has 2 aromatic heterocycles. The summed E-state index contributed by atoms with van der Waals surface area (Å²) in [6.45, 7) is 0. The van der Waals surface area contributed by atoms with Crippen molar-refractivity contribution in [1.29, 1.82) is 0 Å². The lowest BCUT2D eigenvalue weighted by atomic mass is 10.2. The largest absolute Gasteiger partial charge is 0.416 e. The number of carbonyl (C=O) groups is 1. The zero-order chi connectivity index (χ0) is 23.6. The van der Waals surface area contributed by atoms with Crippen LogP contribution in [0.2, 0.25) is 0 Å². The van der Waals surface area contributed by atoms with Crippen molar-refractivity contribution in [1.82, 2.24) is 24.9 Å². The van der Waals surface area contributed by atoms with Crippen molar-refractivity contribution in [2.75, 3.05) is 11.1 Å². The van der Waals surface area contributed by atoms with Crippen molar-refractivity contribution in [3.8, 4) is 23.1 Å². The minimum Gasteiger partial charge on any atom is -0.330 e. The first-order valence-corrected chi connectivity index (χ1v) is 10.3. The van der Waals surface area contributed by atoms with Crippen LogP contribution in [0.25, 0.3) is 23.1 Å². The summed E-state index contributed by atoms with van der Waals surface area (Å²) in [6, 6.07) is 9.91. The van der Waals surface area contributed by atoms with Gasteiger partial charge in [-0.3, -0.25) is 4.79 Å². The Hall–Kier alpha value is -3.74. The predicted molar refractivity (Wildman–Crippen MR) is 110 cm³/mol. The molecule has 0 saturated heterocycles. The highest BCUT2D eigenvalue weighted by Crippen LogP contribution is 2.31. The van der Waals surface area contributed by atoms with Crippen molar-refractivity contribution in [2.24, 2.45) is 7.05 Å². The fourth-order valence-electron chi connectivity index (χ4n) is 2.76. The molecular weight excluding hydrogens is 464 g/mol. The van der Waals surface area contributed by atoms with Gasteiger partial charge < -0.3 is 14.4 Å². The van der Waals surface area contributed by atoms with Gasteiger partial charge in [-0.05, 0) is 42.5 Å². The van der Waals surface area contributed by atoms with E-state index < -0.39 is 23.5 Å². The molecule has 0 atom stereocenters. The van der Waals surface area contributed by atoms with Gasteiger partial charge in [0.1, 0.15) is 5.82 Å². The van der Waals surface area contributed by atoms with Crippen LogP contribution in [0, 0.1) is 5.82 Å². The van der Waals surface area contributed by atoms with Crippen LogP contribution >= 0.6 is 11.8 Å². The second-order valence-electron chi connectivity index (χ2n) is 6.71. The smallest absolute Gasteiger partial charge is 0.330 e. The van der Waals surface area contributed by atoms with E-state index in [0.29, 0.717) is 10.7 Å². The Kier molecular flexibility index (Phi) is 6.14. The van der Waals surface area contributed by atoms with Crippen molar-refractivity contribution in [2.45, 2.75) is 11.3 Å². The quantitative estimate of drug-likeness (QED) is 0.324. The molecule has 170 valence electrons. The topological polar surface area (TPSA) is 98.7 Å². The summed E-state index contributed by atoms with van der Waals surface area (Å²) in [7, 11) is 1.63. The lowest BCUT2D eigenvalue weighted by Gasteiger charge is -2.09. The number of thioether (sulfide) groups is 1. The molecule has 0 aliphatic rings. The average molecular weight is 478 g/mol. The van der Waals surface area contributed by atoms with Gasteiger partial charge in [0, 0.05) is 18.3 Å². The molecule has 2 aromatic carbocycles. The summed E-state index contributed by atoms with van der Waals surface area (Å²) in [5, 5.41) is 14.6. The van der Waals surface area contributed by atoms with E-state index in [9.17, 15) is 22.4 Å². The summed E-state index contributed by atoms with van der Waals surface area (Å²) in [4.78, 5) is 16.4. The molecule has 1 amide bonds. The van der Waals surface area contributed by atoms with Gasteiger partial charge in [-0.2, -0.15) is 18.2 Å². The van der Waals surface area contributed by atoms with Gasteiger partial charge in [0.2, 0.25) is 17.6 Å². The standard InChI is InChI=1S/C20H14F4N6O2S/c1-30-17(18-26-16(29-32-18)11-5-7-13(21)8-6-11)27-28-19(30)33-10-15(31)25-14-4-2-3-12(9-14)20(22,23)24/h2-9H,10H2,1H3,(H,25,31). The Morgan fingerprint density at radius 3 is 2.64 bits per heavy atom. The highest BCUT2D eigenvalue weighted by Gasteiger charge is 2.30. The molecule has 0 bridgehead atoms. The molecule has 2 heterocycles. The molecule has 13 heteroatoms. The number of anilines is 1.